The number of carboxylic acid groups (broad SMARTS) is 1. The molecule has 0 aromatic carbocycles. The van der Waals surface area contributed by atoms with E-state index in [1.165, 1.54) is 6.20 Å². The molecule has 0 bridgehead atoms. The standard InChI is InChI=1S/C10H10F3NO4/c11-10(12,13)5-18-2-1-8(15)6-3-7(9(16)17)14-4-6/h3-4,14H,1-2,5H2,(H,16,17). The van der Waals surface area contributed by atoms with E-state index in [2.05, 4.69) is 9.72 Å². The lowest BCUT2D eigenvalue weighted by atomic mass is 10.1. The van der Waals surface area contributed by atoms with Gasteiger partial charge in [-0.05, 0) is 6.07 Å². The van der Waals surface area contributed by atoms with Gasteiger partial charge in [0.2, 0.25) is 0 Å². The average molecular weight is 265 g/mol. The van der Waals surface area contributed by atoms with Crippen LogP contribution in [0.25, 0.3) is 0 Å². The SMILES string of the molecule is O=C(CCOCC(F)(F)F)c1c[nH]c(C(=O)O)c1. The van der Waals surface area contributed by atoms with Crippen LogP contribution in [0, 0.1) is 0 Å². The maximum absolute atomic E-state index is 11.7. The second kappa shape index (κ2) is 5.67. The molecule has 100 valence electrons. The summed E-state index contributed by atoms with van der Waals surface area (Å²) in [6, 6.07) is 1.12. The molecule has 0 fully saturated rings. The summed E-state index contributed by atoms with van der Waals surface area (Å²) in [5.74, 6) is -1.71. The molecule has 8 heteroatoms. The van der Waals surface area contributed by atoms with E-state index in [-0.39, 0.29) is 24.3 Å². The number of nitrogens with one attached hydrogen (secondary N) is 1. The number of ketones is 1. The maximum atomic E-state index is 11.7. The Morgan fingerprint density at radius 1 is 1.39 bits per heavy atom. The molecule has 1 heterocycles. The van der Waals surface area contributed by atoms with Gasteiger partial charge < -0.3 is 14.8 Å². The van der Waals surface area contributed by atoms with Crippen LogP contribution in [0.3, 0.4) is 0 Å². The normalized spacial score (nSPS) is 11.5. The smallest absolute Gasteiger partial charge is 0.411 e. The van der Waals surface area contributed by atoms with Crippen molar-refractivity contribution in [2.75, 3.05) is 13.2 Å². The quantitative estimate of drug-likeness (QED) is 0.607. The highest BCUT2D eigenvalue weighted by molar-refractivity contribution is 5.98. The monoisotopic (exact) mass is 265 g/mol. The first-order chi connectivity index (χ1) is 8.29. The van der Waals surface area contributed by atoms with E-state index < -0.39 is 24.5 Å². The minimum atomic E-state index is -4.42. The lowest BCUT2D eigenvalue weighted by Gasteiger charge is -2.06. The first-order valence-corrected chi connectivity index (χ1v) is 4.89. The van der Waals surface area contributed by atoms with Crippen LogP contribution in [0.5, 0.6) is 0 Å². The predicted octanol–water partition coefficient (Wildman–Crippen LogP) is 1.86. The van der Waals surface area contributed by atoms with Crippen molar-refractivity contribution >= 4 is 11.8 Å². The number of carbonyl (C=O) groups excluding carboxylic acids is 1. The van der Waals surface area contributed by atoms with Crippen LogP contribution in [0.4, 0.5) is 13.2 Å². The fourth-order valence-electron chi connectivity index (χ4n) is 1.18. The third-order valence-corrected chi connectivity index (χ3v) is 1.97. The van der Waals surface area contributed by atoms with Gasteiger partial charge in [-0.2, -0.15) is 13.2 Å². The van der Waals surface area contributed by atoms with Gasteiger partial charge >= 0.3 is 12.1 Å². The zero-order valence-corrected chi connectivity index (χ0v) is 9.08. The first kappa shape index (κ1) is 14.2. The van der Waals surface area contributed by atoms with E-state index in [1.807, 2.05) is 0 Å². The molecule has 0 amide bonds. The van der Waals surface area contributed by atoms with Crippen LogP contribution >= 0.6 is 0 Å². The number of rotatable bonds is 6. The number of aromatic nitrogens is 1. The van der Waals surface area contributed by atoms with Gasteiger partial charge in [0, 0.05) is 18.2 Å². The third-order valence-electron chi connectivity index (χ3n) is 1.97. The molecule has 1 rings (SSSR count). The maximum Gasteiger partial charge on any atom is 0.411 e. The second-order valence-electron chi connectivity index (χ2n) is 3.45. The molecule has 0 atom stereocenters. The Morgan fingerprint density at radius 2 is 2.06 bits per heavy atom. The van der Waals surface area contributed by atoms with Gasteiger partial charge in [-0.15, -0.1) is 0 Å². The predicted molar refractivity (Wildman–Crippen MR) is 53.6 cm³/mol. The Labute approximate surface area is 99.6 Å². The number of ether oxygens (including phenoxy) is 1. The van der Waals surface area contributed by atoms with Crippen molar-refractivity contribution in [3.8, 4) is 0 Å². The van der Waals surface area contributed by atoms with Gasteiger partial charge in [-0.1, -0.05) is 0 Å². The Balaban J connectivity index is 2.39. The number of hydrogen-bond donors (Lipinski definition) is 2. The number of aromatic amines is 1. The third kappa shape index (κ3) is 4.58. The van der Waals surface area contributed by atoms with Crippen LogP contribution in [-0.4, -0.2) is 41.2 Å². The number of alkyl halides is 3. The summed E-state index contributed by atoms with van der Waals surface area (Å²) in [6.45, 7) is -1.78. The summed E-state index contributed by atoms with van der Waals surface area (Å²) in [5.41, 5.74) is -0.0578. The molecule has 0 unspecified atom stereocenters. The van der Waals surface area contributed by atoms with Crippen molar-refractivity contribution in [2.24, 2.45) is 0 Å². The average Bonchev–Trinajstić information content (AvgIpc) is 2.72. The zero-order chi connectivity index (χ0) is 13.8. The molecule has 0 saturated carbocycles. The molecule has 0 aliphatic rings. The molecule has 0 aliphatic heterocycles. The Bertz CT molecular complexity index is 439. The number of aromatic carboxylic acids is 1. The fourth-order valence-corrected chi connectivity index (χ4v) is 1.18. The molecule has 1 aromatic rings. The van der Waals surface area contributed by atoms with Gasteiger partial charge in [0.1, 0.15) is 12.3 Å². The highest BCUT2D eigenvalue weighted by Gasteiger charge is 2.27. The van der Waals surface area contributed by atoms with Crippen LogP contribution < -0.4 is 0 Å². The number of carbonyl (C=O) groups is 2. The highest BCUT2D eigenvalue weighted by Crippen LogP contribution is 2.14. The summed E-state index contributed by atoms with van der Waals surface area (Å²) >= 11 is 0. The van der Waals surface area contributed by atoms with Crippen LogP contribution in [0.2, 0.25) is 0 Å². The molecule has 0 radical (unpaired) electrons. The van der Waals surface area contributed by atoms with Crippen molar-refractivity contribution in [1.29, 1.82) is 0 Å². The molecular formula is C10H10F3NO4. The number of hydrogen-bond acceptors (Lipinski definition) is 3. The van der Waals surface area contributed by atoms with E-state index in [1.54, 1.807) is 0 Å². The van der Waals surface area contributed by atoms with Crippen LogP contribution in [-0.2, 0) is 4.74 Å². The summed E-state index contributed by atoms with van der Waals surface area (Å²) < 4.78 is 39.4. The Hall–Kier alpha value is -1.83. The summed E-state index contributed by atoms with van der Waals surface area (Å²) in [7, 11) is 0. The molecular weight excluding hydrogens is 255 g/mol. The minimum absolute atomic E-state index is 0.100. The molecule has 18 heavy (non-hydrogen) atoms. The van der Waals surface area contributed by atoms with E-state index in [0.29, 0.717) is 0 Å². The molecule has 1 aromatic heterocycles. The molecule has 0 saturated heterocycles. The van der Waals surface area contributed by atoms with Crippen molar-refractivity contribution in [2.45, 2.75) is 12.6 Å². The Kier molecular flexibility index (Phi) is 4.49. The minimum Gasteiger partial charge on any atom is -0.477 e. The Morgan fingerprint density at radius 3 is 2.56 bits per heavy atom. The van der Waals surface area contributed by atoms with E-state index >= 15 is 0 Å². The molecule has 0 spiro atoms. The summed E-state index contributed by atoms with van der Waals surface area (Å²) in [5, 5.41) is 8.59. The second-order valence-corrected chi connectivity index (χ2v) is 3.45. The molecule has 2 N–H and O–H groups in total. The van der Waals surface area contributed by atoms with Crippen LogP contribution in [0.15, 0.2) is 12.3 Å². The zero-order valence-electron chi connectivity index (χ0n) is 9.08. The van der Waals surface area contributed by atoms with Gasteiger partial charge in [0.05, 0.1) is 6.61 Å². The van der Waals surface area contributed by atoms with Crippen molar-refractivity contribution < 1.29 is 32.6 Å². The van der Waals surface area contributed by atoms with Crippen molar-refractivity contribution in [3.05, 3.63) is 23.5 Å². The largest absolute Gasteiger partial charge is 0.477 e. The number of carboxylic acids is 1. The summed E-state index contributed by atoms with van der Waals surface area (Å²) in [4.78, 5) is 24.3. The fraction of sp³-hybridized carbons (Fsp3) is 0.400. The van der Waals surface area contributed by atoms with Gasteiger partial charge in [0.25, 0.3) is 0 Å². The first-order valence-electron chi connectivity index (χ1n) is 4.89. The molecule has 5 nitrogen and oxygen atoms in total. The number of halogens is 3. The topological polar surface area (TPSA) is 79.4 Å². The number of Topliss-reactive ketones (excluding diaryl/α,β-unsaturated/α-hetero) is 1. The van der Waals surface area contributed by atoms with Crippen molar-refractivity contribution in [3.63, 3.8) is 0 Å². The van der Waals surface area contributed by atoms with Gasteiger partial charge in [-0.25, -0.2) is 4.79 Å². The van der Waals surface area contributed by atoms with Crippen LogP contribution in [0.1, 0.15) is 27.3 Å². The lowest BCUT2D eigenvalue weighted by molar-refractivity contribution is -0.173. The summed E-state index contributed by atoms with van der Waals surface area (Å²) in [6.07, 6.45) is -3.48. The lowest BCUT2D eigenvalue weighted by Crippen LogP contribution is -2.18. The van der Waals surface area contributed by atoms with Gasteiger partial charge in [0.15, 0.2) is 5.78 Å². The molecule has 0 aliphatic carbocycles. The van der Waals surface area contributed by atoms with E-state index in [4.69, 9.17) is 5.11 Å². The number of H-pyrrole nitrogens is 1. The van der Waals surface area contributed by atoms with Gasteiger partial charge in [-0.3, -0.25) is 4.79 Å². The van der Waals surface area contributed by atoms with Crippen molar-refractivity contribution in [1.82, 2.24) is 4.98 Å². The van der Waals surface area contributed by atoms with E-state index in [0.717, 1.165) is 6.07 Å². The van der Waals surface area contributed by atoms with E-state index in [9.17, 15) is 22.8 Å². The highest BCUT2D eigenvalue weighted by atomic mass is 19.4.